The molecule has 3 rings (SSSR count). The molecular weight excluding hydrogens is 280 g/mol. The summed E-state index contributed by atoms with van der Waals surface area (Å²) in [5.41, 5.74) is 5.66. The van der Waals surface area contributed by atoms with E-state index < -0.39 is 0 Å². The van der Waals surface area contributed by atoms with Gasteiger partial charge in [-0.15, -0.1) is 12.4 Å². The Kier molecular flexibility index (Phi) is 5.66. The molecule has 1 aliphatic heterocycles. The van der Waals surface area contributed by atoms with E-state index in [0.717, 1.165) is 32.6 Å². The van der Waals surface area contributed by atoms with Crippen molar-refractivity contribution in [1.82, 2.24) is 4.90 Å². The van der Waals surface area contributed by atoms with Gasteiger partial charge in [-0.05, 0) is 29.7 Å². The fourth-order valence-corrected chi connectivity index (χ4v) is 2.90. The van der Waals surface area contributed by atoms with Crippen LogP contribution in [0.1, 0.15) is 23.6 Å². The number of hydrogen-bond donors (Lipinski definition) is 1. The fourth-order valence-electron chi connectivity index (χ4n) is 2.90. The topological polar surface area (TPSA) is 15.3 Å². The van der Waals surface area contributed by atoms with E-state index in [9.17, 15) is 0 Å². The maximum absolute atomic E-state index is 3.54. The lowest BCUT2D eigenvalue weighted by Gasteiger charge is -2.22. The summed E-state index contributed by atoms with van der Waals surface area (Å²) in [7, 11) is 0. The van der Waals surface area contributed by atoms with E-state index >= 15 is 0 Å². The minimum Gasteiger partial charge on any atom is -0.384 e. The van der Waals surface area contributed by atoms with Gasteiger partial charge in [-0.25, -0.2) is 0 Å². The van der Waals surface area contributed by atoms with Gasteiger partial charge in [0, 0.05) is 25.3 Å². The molecule has 3 heteroatoms. The van der Waals surface area contributed by atoms with Gasteiger partial charge in [0.1, 0.15) is 0 Å². The zero-order valence-electron chi connectivity index (χ0n) is 12.5. The number of nitrogens with one attached hydrogen (secondary N) is 1. The Morgan fingerprint density at radius 3 is 2.57 bits per heavy atom. The number of para-hydroxylation sites is 1. The molecular formula is C18H23ClN2. The van der Waals surface area contributed by atoms with E-state index in [-0.39, 0.29) is 12.4 Å². The third kappa shape index (κ3) is 3.78. The molecule has 0 spiro atoms. The summed E-state index contributed by atoms with van der Waals surface area (Å²) in [6.45, 7) is 6.41. The van der Waals surface area contributed by atoms with Gasteiger partial charge in [-0.1, -0.05) is 55.5 Å². The summed E-state index contributed by atoms with van der Waals surface area (Å²) < 4.78 is 0. The Morgan fingerprint density at radius 1 is 1.00 bits per heavy atom. The van der Waals surface area contributed by atoms with Crippen LogP contribution < -0.4 is 5.32 Å². The lowest BCUT2D eigenvalue weighted by atomic mass is 10.1. The molecule has 0 fully saturated rings. The number of benzene rings is 2. The smallest absolute Gasteiger partial charge is 0.0419 e. The predicted molar refractivity (Wildman–Crippen MR) is 92.1 cm³/mol. The normalized spacial score (nSPS) is 12.7. The monoisotopic (exact) mass is 302 g/mol. The van der Waals surface area contributed by atoms with Crippen LogP contribution in [-0.2, 0) is 19.5 Å². The SMILES string of the molecule is CCN(Cc1ccccc1)Cc1cccc2c1NCC2.Cl. The summed E-state index contributed by atoms with van der Waals surface area (Å²) in [6, 6.07) is 17.4. The first kappa shape index (κ1) is 15.9. The zero-order valence-corrected chi connectivity index (χ0v) is 13.3. The van der Waals surface area contributed by atoms with Crippen molar-refractivity contribution in [3.8, 4) is 0 Å². The van der Waals surface area contributed by atoms with Crippen molar-refractivity contribution in [2.24, 2.45) is 0 Å². The van der Waals surface area contributed by atoms with E-state index in [0.29, 0.717) is 0 Å². The average molecular weight is 303 g/mol. The van der Waals surface area contributed by atoms with Crippen LogP contribution in [0.25, 0.3) is 0 Å². The van der Waals surface area contributed by atoms with Crippen LogP contribution in [0.3, 0.4) is 0 Å². The largest absolute Gasteiger partial charge is 0.384 e. The van der Waals surface area contributed by atoms with Gasteiger partial charge in [0.05, 0.1) is 0 Å². The molecule has 0 amide bonds. The van der Waals surface area contributed by atoms with E-state index in [1.54, 1.807) is 0 Å². The third-order valence-electron chi connectivity index (χ3n) is 4.02. The molecule has 0 atom stereocenters. The molecule has 0 aromatic heterocycles. The summed E-state index contributed by atoms with van der Waals surface area (Å²) >= 11 is 0. The zero-order chi connectivity index (χ0) is 13.8. The van der Waals surface area contributed by atoms with Crippen LogP contribution in [0.5, 0.6) is 0 Å². The summed E-state index contributed by atoms with van der Waals surface area (Å²) in [5.74, 6) is 0. The molecule has 1 N–H and O–H groups in total. The highest BCUT2D eigenvalue weighted by Crippen LogP contribution is 2.27. The minimum atomic E-state index is 0. The number of halogens is 1. The predicted octanol–water partition coefficient (Wildman–Crippen LogP) is 4.10. The van der Waals surface area contributed by atoms with Gasteiger partial charge >= 0.3 is 0 Å². The molecule has 1 aliphatic rings. The first-order chi connectivity index (χ1) is 9.86. The molecule has 2 nitrogen and oxygen atoms in total. The van der Waals surface area contributed by atoms with Crippen molar-refractivity contribution in [1.29, 1.82) is 0 Å². The van der Waals surface area contributed by atoms with E-state index in [1.165, 1.54) is 22.4 Å². The molecule has 0 saturated carbocycles. The fraction of sp³-hybridized carbons (Fsp3) is 0.333. The Bertz CT molecular complexity index is 569. The van der Waals surface area contributed by atoms with Gasteiger partial charge in [0.15, 0.2) is 0 Å². The molecule has 0 bridgehead atoms. The second kappa shape index (κ2) is 7.48. The quantitative estimate of drug-likeness (QED) is 0.894. The Morgan fingerprint density at radius 2 is 1.81 bits per heavy atom. The summed E-state index contributed by atoms with van der Waals surface area (Å²) in [4.78, 5) is 2.49. The summed E-state index contributed by atoms with van der Waals surface area (Å²) in [5, 5.41) is 3.54. The molecule has 21 heavy (non-hydrogen) atoms. The highest BCUT2D eigenvalue weighted by molar-refractivity contribution is 5.85. The Hall–Kier alpha value is -1.51. The van der Waals surface area contributed by atoms with Crippen LogP contribution in [0.2, 0.25) is 0 Å². The van der Waals surface area contributed by atoms with Crippen molar-refractivity contribution >= 4 is 18.1 Å². The number of fused-ring (bicyclic) bond motifs is 1. The molecule has 0 saturated heterocycles. The third-order valence-corrected chi connectivity index (χ3v) is 4.02. The van der Waals surface area contributed by atoms with Crippen molar-refractivity contribution in [3.05, 3.63) is 65.2 Å². The minimum absolute atomic E-state index is 0. The molecule has 2 aromatic carbocycles. The highest BCUT2D eigenvalue weighted by Gasteiger charge is 2.15. The van der Waals surface area contributed by atoms with Crippen molar-refractivity contribution < 1.29 is 0 Å². The van der Waals surface area contributed by atoms with E-state index in [2.05, 4.69) is 65.7 Å². The molecule has 2 aromatic rings. The first-order valence-corrected chi connectivity index (χ1v) is 7.47. The average Bonchev–Trinajstić information content (AvgIpc) is 2.97. The highest BCUT2D eigenvalue weighted by atomic mass is 35.5. The van der Waals surface area contributed by atoms with Crippen LogP contribution in [-0.4, -0.2) is 18.0 Å². The molecule has 0 aliphatic carbocycles. The van der Waals surface area contributed by atoms with Crippen LogP contribution in [0, 0.1) is 0 Å². The molecule has 1 heterocycles. The number of rotatable bonds is 5. The summed E-state index contributed by atoms with van der Waals surface area (Å²) in [6.07, 6.45) is 1.16. The maximum atomic E-state index is 3.54. The Balaban J connectivity index is 0.00000161. The van der Waals surface area contributed by atoms with Crippen molar-refractivity contribution in [3.63, 3.8) is 0 Å². The number of nitrogens with zero attached hydrogens (tertiary/aromatic N) is 1. The van der Waals surface area contributed by atoms with Crippen LogP contribution in [0.4, 0.5) is 5.69 Å². The molecule has 0 unspecified atom stereocenters. The van der Waals surface area contributed by atoms with E-state index in [1.807, 2.05) is 0 Å². The van der Waals surface area contributed by atoms with Gasteiger partial charge in [0.2, 0.25) is 0 Å². The van der Waals surface area contributed by atoms with Gasteiger partial charge in [-0.2, -0.15) is 0 Å². The molecule has 112 valence electrons. The lowest BCUT2D eigenvalue weighted by Crippen LogP contribution is -2.22. The van der Waals surface area contributed by atoms with Gasteiger partial charge in [0.25, 0.3) is 0 Å². The van der Waals surface area contributed by atoms with Crippen LogP contribution in [0.15, 0.2) is 48.5 Å². The molecule has 0 radical (unpaired) electrons. The number of hydrogen-bond acceptors (Lipinski definition) is 2. The van der Waals surface area contributed by atoms with Gasteiger partial charge in [-0.3, -0.25) is 4.90 Å². The number of anilines is 1. The second-order valence-electron chi connectivity index (χ2n) is 5.42. The standard InChI is InChI=1S/C18H22N2.ClH/c1-2-20(13-15-7-4-3-5-8-15)14-17-10-6-9-16-11-12-19-18(16)17;/h3-10,19H,2,11-14H2,1H3;1H. The lowest BCUT2D eigenvalue weighted by molar-refractivity contribution is 0.272. The van der Waals surface area contributed by atoms with Crippen molar-refractivity contribution in [2.45, 2.75) is 26.4 Å². The maximum Gasteiger partial charge on any atom is 0.0419 e. The van der Waals surface area contributed by atoms with Crippen LogP contribution >= 0.6 is 12.4 Å². The van der Waals surface area contributed by atoms with Crippen molar-refractivity contribution in [2.75, 3.05) is 18.4 Å². The van der Waals surface area contributed by atoms with Gasteiger partial charge < -0.3 is 5.32 Å². The Labute approximate surface area is 133 Å². The first-order valence-electron chi connectivity index (χ1n) is 7.47. The second-order valence-corrected chi connectivity index (χ2v) is 5.42. The van der Waals surface area contributed by atoms with E-state index in [4.69, 9.17) is 0 Å².